The molecule has 0 bridgehead atoms. The Morgan fingerprint density at radius 2 is 1.95 bits per heavy atom. The van der Waals surface area contributed by atoms with Gasteiger partial charge >= 0.3 is 5.97 Å². The van der Waals surface area contributed by atoms with E-state index in [-0.39, 0.29) is 5.97 Å². The Morgan fingerprint density at radius 3 is 2.60 bits per heavy atom. The second-order valence-electron chi connectivity index (χ2n) is 5.89. The largest absolute Gasteiger partial charge is 0.460 e. The van der Waals surface area contributed by atoms with Gasteiger partial charge < -0.3 is 4.74 Å². The van der Waals surface area contributed by atoms with E-state index in [9.17, 15) is 4.79 Å². The molecule has 0 fully saturated rings. The molecule has 0 aliphatic heterocycles. The smallest absolute Gasteiger partial charge is 0.310 e. The Kier molecular flexibility index (Phi) is 4.07. The fourth-order valence-corrected chi connectivity index (χ4v) is 2.30. The van der Waals surface area contributed by atoms with Crippen molar-refractivity contribution in [2.45, 2.75) is 46.1 Å². The van der Waals surface area contributed by atoms with Crippen molar-refractivity contribution >= 4 is 16.7 Å². The first-order valence-electron chi connectivity index (χ1n) is 6.98. The molecule has 0 atom stereocenters. The predicted molar refractivity (Wildman–Crippen MR) is 80.7 cm³/mol. The van der Waals surface area contributed by atoms with Crippen molar-refractivity contribution in [3.8, 4) is 0 Å². The summed E-state index contributed by atoms with van der Waals surface area (Å²) in [5, 5.41) is 2.21. The van der Waals surface area contributed by atoms with Crippen LogP contribution < -0.4 is 0 Å². The van der Waals surface area contributed by atoms with Crippen LogP contribution in [0.3, 0.4) is 0 Å². The van der Waals surface area contributed by atoms with Gasteiger partial charge in [-0.2, -0.15) is 0 Å². The number of pyridine rings is 1. The first-order chi connectivity index (χ1) is 9.40. The molecule has 3 nitrogen and oxygen atoms in total. The number of hydrogen-bond donors (Lipinski definition) is 0. The third kappa shape index (κ3) is 3.35. The second-order valence-corrected chi connectivity index (χ2v) is 5.89. The minimum absolute atomic E-state index is 0.195. The first kappa shape index (κ1) is 14.5. The number of carbonyl (C=O) groups is 1. The highest BCUT2D eigenvalue weighted by atomic mass is 16.6. The second kappa shape index (κ2) is 5.61. The number of esters is 1. The minimum Gasteiger partial charge on any atom is -0.460 e. The maximum atomic E-state index is 12.0. The molecular weight excluding hydrogens is 250 g/mol. The zero-order valence-corrected chi connectivity index (χ0v) is 12.6. The molecule has 0 saturated carbocycles. The number of aromatic nitrogens is 1. The van der Waals surface area contributed by atoms with Crippen LogP contribution in [0, 0.1) is 0 Å². The van der Waals surface area contributed by atoms with E-state index in [1.165, 1.54) is 0 Å². The van der Waals surface area contributed by atoms with Crippen molar-refractivity contribution in [1.82, 2.24) is 4.98 Å². The lowest BCUT2D eigenvalue weighted by Gasteiger charge is -2.19. The van der Waals surface area contributed by atoms with Gasteiger partial charge in [-0.1, -0.05) is 25.1 Å². The van der Waals surface area contributed by atoms with Gasteiger partial charge in [0.15, 0.2) is 0 Å². The van der Waals surface area contributed by atoms with Crippen LogP contribution in [0.25, 0.3) is 10.8 Å². The predicted octanol–water partition coefficient (Wildman–Crippen LogP) is 3.68. The Morgan fingerprint density at radius 1 is 1.20 bits per heavy atom. The summed E-state index contributed by atoms with van der Waals surface area (Å²) in [7, 11) is 0. The average molecular weight is 271 g/mol. The molecule has 1 heterocycles. The summed E-state index contributed by atoms with van der Waals surface area (Å²) in [6, 6.07) is 7.97. The van der Waals surface area contributed by atoms with Crippen molar-refractivity contribution in [2.24, 2.45) is 0 Å². The molecule has 106 valence electrons. The molecule has 1 aromatic heterocycles. The number of aryl methyl sites for hydroxylation is 1. The monoisotopic (exact) mass is 271 g/mol. The normalized spacial score (nSPS) is 11.6. The molecule has 20 heavy (non-hydrogen) atoms. The van der Waals surface area contributed by atoms with Crippen LogP contribution in [0.4, 0.5) is 0 Å². The van der Waals surface area contributed by atoms with Crippen LogP contribution in [0.5, 0.6) is 0 Å². The number of fused-ring (bicyclic) bond motifs is 1. The van der Waals surface area contributed by atoms with Crippen molar-refractivity contribution in [2.75, 3.05) is 0 Å². The summed E-state index contributed by atoms with van der Waals surface area (Å²) in [4.78, 5) is 16.4. The van der Waals surface area contributed by atoms with Gasteiger partial charge in [0.1, 0.15) is 5.60 Å². The summed E-state index contributed by atoms with van der Waals surface area (Å²) in [6.45, 7) is 7.73. The zero-order chi connectivity index (χ0) is 14.8. The topological polar surface area (TPSA) is 39.2 Å². The van der Waals surface area contributed by atoms with Crippen molar-refractivity contribution < 1.29 is 9.53 Å². The van der Waals surface area contributed by atoms with Crippen molar-refractivity contribution in [1.29, 1.82) is 0 Å². The van der Waals surface area contributed by atoms with Crippen LogP contribution in [0.15, 0.2) is 30.5 Å². The van der Waals surface area contributed by atoms with E-state index in [1.807, 2.05) is 39.0 Å². The van der Waals surface area contributed by atoms with E-state index in [0.717, 1.165) is 28.5 Å². The molecule has 0 amide bonds. The van der Waals surface area contributed by atoms with Crippen LogP contribution >= 0.6 is 0 Å². The average Bonchev–Trinajstić information content (AvgIpc) is 2.36. The Hall–Kier alpha value is -1.90. The van der Waals surface area contributed by atoms with E-state index < -0.39 is 5.60 Å². The van der Waals surface area contributed by atoms with E-state index in [4.69, 9.17) is 4.74 Å². The number of nitrogens with zero attached hydrogens (tertiary/aromatic N) is 1. The highest BCUT2D eigenvalue weighted by molar-refractivity contribution is 5.90. The Balaban J connectivity index is 2.34. The fraction of sp³-hybridized carbons (Fsp3) is 0.412. The van der Waals surface area contributed by atoms with E-state index in [1.54, 1.807) is 6.20 Å². The number of ether oxygens (including phenoxy) is 1. The summed E-state index contributed by atoms with van der Waals surface area (Å²) >= 11 is 0. The Labute approximate surface area is 120 Å². The molecular formula is C17H21NO2. The SMILES string of the molecule is CCc1nccc2c(CC(=O)OC(C)(C)C)cccc12. The molecule has 0 N–H and O–H groups in total. The summed E-state index contributed by atoms with van der Waals surface area (Å²) in [5.74, 6) is -0.195. The van der Waals surface area contributed by atoms with Crippen LogP contribution in [-0.4, -0.2) is 16.6 Å². The summed E-state index contributed by atoms with van der Waals surface area (Å²) < 4.78 is 5.39. The number of hydrogen-bond acceptors (Lipinski definition) is 3. The van der Waals surface area contributed by atoms with Crippen LogP contribution in [0.2, 0.25) is 0 Å². The lowest BCUT2D eigenvalue weighted by Crippen LogP contribution is -2.24. The number of rotatable bonds is 3. The van der Waals surface area contributed by atoms with Gasteiger partial charge in [0.25, 0.3) is 0 Å². The maximum Gasteiger partial charge on any atom is 0.310 e. The molecule has 1 aromatic carbocycles. The first-order valence-corrected chi connectivity index (χ1v) is 6.98. The molecule has 3 heteroatoms. The lowest BCUT2D eigenvalue weighted by molar-refractivity contribution is -0.153. The van der Waals surface area contributed by atoms with Gasteiger partial charge in [0, 0.05) is 17.3 Å². The summed E-state index contributed by atoms with van der Waals surface area (Å²) in [6.07, 6.45) is 2.98. The highest BCUT2D eigenvalue weighted by Crippen LogP contribution is 2.22. The maximum absolute atomic E-state index is 12.0. The van der Waals surface area contributed by atoms with Gasteiger partial charge in [-0.3, -0.25) is 9.78 Å². The molecule has 0 aliphatic rings. The van der Waals surface area contributed by atoms with Gasteiger partial charge in [-0.25, -0.2) is 0 Å². The van der Waals surface area contributed by atoms with Crippen molar-refractivity contribution in [3.63, 3.8) is 0 Å². The number of benzene rings is 1. The molecule has 0 saturated heterocycles. The fourth-order valence-electron chi connectivity index (χ4n) is 2.30. The van der Waals surface area contributed by atoms with Crippen LogP contribution in [-0.2, 0) is 22.4 Å². The molecule has 0 radical (unpaired) electrons. The minimum atomic E-state index is -0.447. The number of carbonyl (C=O) groups excluding carboxylic acids is 1. The van der Waals surface area contributed by atoms with E-state index in [0.29, 0.717) is 6.42 Å². The summed E-state index contributed by atoms with van der Waals surface area (Å²) in [5.41, 5.74) is 1.61. The van der Waals surface area contributed by atoms with Gasteiger partial charge in [-0.05, 0) is 44.2 Å². The zero-order valence-electron chi connectivity index (χ0n) is 12.6. The third-order valence-electron chi connectivity index (χ3n) is 3.07. The van der Waals surface area contributed by atoms with Gasteiger partial charge in [0.2, 0.25) is 0 Å². The Bertz CT molecular complexity index is 626. The highest BCUT2D eigenvalue weighted by Gasteiger charge is 2.17. The van der Waals surface area contributed by atoms with Gasteiger partial charge in [0.05, 0.1) is 6.42 Å². The van der Waals surface area contributed by atoms with E-state index >= 15 is 0 Å². The molecule has 2 rings (SSSR count). The van der Waals surface area contributed by atoms with E-state index in [2.05, 4.69) is 18.0 Å². The quantitative estimate of drug-likeness (QED) is 0.799. The molecule has 0 unspecified atom stereocenters. The standard InChI is InChI=1S/C17H21NO2/c1-5-15-14-8-6-7-12(13(14)9-10-18-15)11-16(19)20-17(2,3)4/h6-10H,5,11H2,1-4H3. The van der Waals surface area contributed by atoms with Crippen LogP contribution in [0.1, 0.15) is 39.0 Å². The molecule has 0 aliphatic carbocycles. The van der Waals surface area contributed by atoms with Crippen molar-refractivity contribution in [3.05, 3.63) is 41.7 Å². The van der Waals surface area contributed by atoms with Gasteiger partial charge in [-0.15, -0.1) is 0 Å². The molecule has 0 spiro atoms. The third-order valence-corrected chi connectivity index (χ3v) is 3.07. The lowest BCUT2D eigenvalue weighted by atomic mass is 10.0. The molecule has 2 aromatic rings.